The molecule has 2 aromatic rings. The third-order valence-corrected chi connectivity index (χ3v) is 8.62. The van der Waals surface area contributed by atoms with Gasteiger partial charge in [0.15, 0.2) is 0 Å². The van der Waals surface area contributed by atoms with Crippen LogP contribution in [0, 0.1) is 18.8 Å². The molecule has 2 amide bonds. The minimum Gasteiger partial charge on any atom is -0.496 e. The van der Waals surface area contributed by atoms with Crippen LogP contribution in [0.4, 0.5) is 10.5 Å². The highest BCUT2D eigenvalue weighted by molar-refractivity contribution is 6.10. The summed E-state index contributed by atoms with van der Waals surface area (Å²) in [5.41, 5.74) is 2.05. The topological polar surface area (TPSA) is 94.2 Å². The summed E-state index contributed by atoms with van der Waals surface area (Å²) in [6, 6.07) is 10.5. The van der Waals surface area contributed by atoms with Crippen LogP contribution in [0.25, 0.3) is 0 Å². The molecule has 8 nitrogen and oxygen atoms in total. The molecule has 1 aliphatic carbocycles. The van der Waals surface area contributed by atoms with Crippen molar-refractivity contribution in [1.29, 1.82) is 0 Å². The van der Waals surface area contributed by atoms with E-state index in [1.165, 1.54) is 17.7 Å². The summed E-state index contributed by atoms with van der Waals surface area (Å²) >= 11 is 0. The van der Waals surface area contributed by atoms with Crippen LogP contribution in [0.3, 0.4) is 0 Å². The van der Waals surface area contributed by atoms with E-state index < -0.39 is 29.1 Å². The number of methoxy groups -OCH3 is 1. The van der Waals surface area contributed by atoms with E-state index >= 15 is 0 Å². The first-order valence-corrected chi connectivity index (χ1v) is 15.1. The number of amides is 2. The number of ether oxygens (including phenoxy) is 3. The van der Waals surface area contributed by atoms with Crippen LogP contribution in [0.15, 0.2) is 36.4 Å². The third kappa shape index (κ3) is 5.99. The number of nitrogens with one attached hydrogen (secondary N) is 1. The molecule has 0 saturated heterocycles. The number of hydrogen-bond acceptors (Lipinski definition) is 6. The van der Waals surface area contributed by atoms with Gasteiger partial charge in [-0.3, -0.25) is 9.69 Å². The van der Waals surface area contributed by atoms with Gasteiger partial charge in [0.05, 0.1) is 12.8 Å². The van der Waals surface area contributed by atoms with Crippen LogP contribution in [0.2, 0.25) is 0 Å². The number of nitrogens with zero attached hydrogens (tertiary/aromatic N) is 1. The average molecular weight is 579 g/mol. The van der Waals surface area contributed by atoms with Gasteiger partial charge in [-0.25, -0.2) is 9.59 Å². The highest BCUT2D eigenvalue weighted by Crippen LogP contribution is 2.53. The molecule has 2 atom stereocenters. The van der Waals surface area contributed by atoms with Crippen molar-refractivity contribution in [2.24, 2.45) is 11.8 Å². The zero-order valence-electron chi connectivity index (χ0n) is 26.3. The number of hydrogen-bond donors (Lipinski definition) is 1. The second-order valence-corrected chi connectivity index (χ2v) is 13.0. The molecule has 2 aromatic carbocycles. The van der Waals surface area contributed by atoms with Crippen LogP contribution in [-0.4, -0.2) is 48.7 Å². The Bertz CT molecular complexity index is 1300. The Morgan fingerprint density at radius 2 is 1.62 bits per heavy atom. The molecule has 1 unspecified atom stereocenters. The molecule has 228 valence electrons. The van der Waals surface area contributed by atoms with Crippen molar-refractivity contribution in [1.82, 2.24) is 4.90 Å². The molecular weight excluding hydrogens is 532 g/mol. The van der Waals surface area contributed by atoms with Crippen LogP contribution >= 0.6 is 0 Å². The van der Waals surface area contributed by atoms with Gasteiger partial charge in [-0.2, -0.15) is 0 Å². The van der Waals surface area contributed by atoms with Crippen molar-refractivity contribution < 1.29 is 28.6 Å². The van der Waals surface area contributed by atoms with Gasteiger partial charge in [0.1, 0.15) is 28.6 Å². The van der Waals surface area contributed by atoms with E-state index in [1.807, 2.05) is 45.0 Å². The predicted octanol–water partition coefficient (Wildman–Crippen LogP) is 7.01. The molecule has 0 bridgehead atoms. The Morgan fingerprint density at radius 3 is 2.17 bits per heavy atom. The van der Waals surface area contributed by atoms with Gasteiger partial charge in [0.25, 0.3) is 0 Å². The minimum absolute atomic E-state index is 0.0237. The van der Waals surface area contributed by atoms with E-state index in [0.717, 1.165) is 53.8 Å². The van der Waals surface area contributed by atoms with Gasteiger partial charge >= 0.3 is 12.1 Å². The molecule has 1 fully saturated rings. The van der Waals surface area contributed by atoms with Gasteiger partial charge in [0, 0.05) is 12.6 Å². The molecular formula is C34H46N2O6. The lowest BCUT2D eigenvalue weighted by Crippen LogP contribution is -2.49. The summed E-state index contributed by atoms with van der Waals surface area (Å²) in [4.78, 5) is 41.4. The monoisotopic (exact) mass is 578 g/mol. The Labute approximate surface area is 250 Å². The van der Waals surface area contributed by atoms with Crippen molar-refractivity contribution in [3.63, 3.8) is 0 Å². The first-order chi connectivity index (χ1) is 19.8. The van der Waals surface area contributed by atoms with Gasteiger partial charge in [0.2, 0.25) is 5.91 Å². The maximum atomic E-state index is 14.1. The summed E-state index contributed by atoms with van der Waals surface area (Å²) < 4.78 is 16.8. The molecule has 1 saturated carbocycles. The lowest BCUT2D eigenvalue weighted by molar-refractivity contribution is -0.141. The highest BCUT2D eigenvalue weighted by atomic mass is 16.6. The van der Waals surface area contributed by atoms with E-state index in [-0.39, 0.29) is 17.7 Å². The third-order valence-electron chi connectivity index (χ3n) is 8.62. The van der Waals surface area contributed by atoms with Gasteiger partial charge in [-0.15, -0.1) is 0 Å². The SMILES string of the molecule is COc1ccc2c(c1C)NC(=O)C2(c1ccc(OC(=O)[C@H](C(C)C)N(C)C(=O)OC(C)(C)C)cc1)C1CCCCCC1. The molecule has 42 heavy (non-hydrogen) atoms. The first-order valence-electron chi connectivity index (χ1n) is 15.1. The summed E-state index contributed by atoms with van der Waals surface area (Å²) in [5, 5.41) is 3.21. The van der Waals surface area contributed by atoms with Gasteiger partial charge < -0.3 is 19.5 Å². The lowest BCUT2D eigenvalue weighted by atomic mass is 9.64. The number of carbonyl (C=O) groups is 3. The van der Waals surface area contributed by atoms with E-state index in [4.69, 9.17) is 14.2 Å². The van der Waals surface area contributed by atoms with Crippen LogP contribution in [-0.2, 0) is 19.7 Å². The number of esters is 1. The first kappa shape index (κ1) is 31.4. The van der Waals surface area contributed by atoms with Crippen LogP contribution in [0.1, 0.15) is 89.8 Å². The van der Waals surface area contributed by atoms with Crippen molar-refractivity contribution in [3.8, 4) is 11.5 Å². The number of likely N-dealkylation sites (N-methyl/N-ethyl adjacent to an activating group) is 1. The quantitative estimate of drug-likeness (QED) is 0.216. The number of benzene rings is 2. The normalized spacial score (nSPS) is 19.9. The van der Waals surface area contributed by atoms with Crippen molar-refractivity contribution in [2.75, 3.05) is 19.5 Å². The maximum Gasteiger partial charge on any atom is 0.410 e. The Balaban J connectivity index is 1.67. The second-order valence-electron chi connectivity index (χ2n) is 13.0. The van der Waals surface area contributed by atoms with Crippen molar-refractivity contribution in [2.45, 2.75) is 97.1 Å². The number of anilines is 1. The number of rotatable bonds is 7. The molecule has 2 aliphatic rings. The van der Waals surface area contributed by atoms with E-state index in [2.05, 4.69) is 5.32 Å². The molecule has 4 rings (SSSR count). The summed E-state index contributed by atoms with van der Waals surface area (Å²) in [5.74, 6) is 0.458. The fourth-order valence-electron chi connectivity index (χ4n) is 6.67. The molecule has 1 N–H and O–H groups in total. The summed E-state index contributed by atoms with van der Waals surface area (Å²) in [7, 11) is 3.19. The standard InChI is InChI=1S/C34H46N2O6/c1-21(2)29(36(7)32(39)42-33(4,5)6)30(37)41-25-17-15-24(16-18-25)34(23-13-11-9-10-12-14-23)26-19-20-27(40-8)22(3)28(26)35-31(34)38/h15-21,23,29H,9-14H2,1-8H3,(H,35,38)/t29-,34?/m0/s1. The highest BCUT2D eigenvalue weighted by Gasteiger charge is 2.53. The largest absolute Gasteiger partial charge is 0.496 e. The number of carbonyl (C=O) groups excluding carboxylic acids is 3. The molecule has 0 radical (unpaired) electrons. The Morgan fingerprint density at radius 1 is 1.00 bits per heavy atom. The van der Waals surface area contributed by atoms with Gasteiger partial charge in [-0.1, -0.05) is 57.7 Å². The molecule has 0 aromatic heterocycles. The molecule has 0 spiro atoms. The fourth-order valence-corrected chi connectivity index (χ4v) is 6.67. The zero-order valence-corrected chi connectivity index (χ0v) is 26.3. The molecule has 1 aliphatic heterocycles. The fraction of sp³-hybridized carbons (Fsp3) is 0.559. The Hall–Kier alpha value is -3.55. The van der Waals surface area contributed by atoms with Crippen LogP contribution in [0.5, 0.6) is 11.5 Å². The average Bonchev–Trinajstić information content (AvgIpc) is 3.05. The predicted molar refractivity (Wildman–Crippen MR) is 163 cm³/mol. The smallest absolute Gasteiger partial charge is 0.410 e. The molecule has 8 heteroatoms. The molecule has 1 heterocycles. The maximum absolute atomic E-state index is 14.1. The summed E-state index contributed by atoms with van der Waals surface area (Å²) in [6.07, 6.45) is 5.85. The minimum atomic E-state index is -0.851. The lowest BCUT2D eigenvalue weighted by Gasteiger charge is -2.36. The van der Waals surface area contributed by atoms with E-state index in [1.54, 1.807) is 47.1 Å². The zero-order chi connectivity index (χ0) is 30.8. The summed E-state index contributed by atoms with van der Waals surface area (Å²) in [6.45, 7) is 11.0. The van der Waals surface area contributed by atoms with Crippen molar-refractivity contribution >= 4 is 23.7 Å². The van der Waals surface area contributed by atoms with Crippen molar-refractivity contribution in [3.05, 3.63) is 53.1 Å². The van der Waals surface area contributed by atoms with Gasteiger partial charge in [-0.05, 0) is 81.7 Å². The number of fused-ring (bicyclic) bond motifs is 1. The van der Waals surface area contributed by atoms with E-state index in [9.17, 15) is 14.4 Å². The Kier molecular flexibility index (Phi) is 9.24. The second kappa shape index (κ2) is 12.4. The van der Waals surface area contributed by atoms with Crippen LogP contribution < -0.4 is 14.8 Å². The van der Waals surface area contributed by atoms with E-state index in [0.29, 0.717) is 5.75 Å².